The van der Waals surface area contributed by atoms with Crippen LogP contribution in [-0.2, 0) is 4.79 Å². The maximum atomic E-state index is 11.0. The summed E-state index contributed by atoms with van der Waals surface area (Å²) in [7, 11) is 0. The lowest BCUT2D eigenvalue weighted by molar-refractivity contribution is -0.126. The van der Waals surface area contributed by atoms with Crippen molar-refractivity contribution in [1.29, 1.82) is 0 Å². The van der Waals surface area contributed by atoms with Crippen molar-refractivity contribution in [3.8, 4) is 0 Å². The van der Waals surface area contributed by atoms with E-state index in [4.69, 9.17) is 5.73 Å². The molecule has 2 fully saturated rings. The van der Waals surface area contributed by atoms with E-state index < -0.39 is 0 Å². The van der Waals surface area contributed by atoms with Crippen LogP contribution in [0.4, 0.5) is 0 Å². The lowest BCUT2D eigenvalue weighted by Gasteiger charge is -2.21. The van der Waals surface area contributed by atoms with E-state index in [1.165, 1.54) is 0 Å². The van der Waals surface area contributed by atoms with Gasteiger partial charge in [0, 0.05) is 12.6 Å². The van der Waals surface area contributed by atoms with Crippen molar-refractivity contribution in [2.24, 2.45) is 11.1 Å². The summed E-state index contributed by atoms with van der Waals surface area (Å²) >= 11 is 0. The highest BCUT2D eigenvalue weighted by atomic mass is 16.1. The van der Waals surface area contributed by atoms with Gasteiger partial charge in [-0.1, -0.05) is 0 Å². The molecule has 1 aliphatic heterocycles. The van der Waals surface area contributed by atoms with Crippen molar-refractivity contribution in [3.63, 3.8) is 0 Å². The van der Waals surface area contributed by atoms with Gasteiger partial charge in [-0.3, -0.25) is 4.79 Å². The molecule has 2 rings (SSSR count). The van der Waals surface area contributed by atoms with Gasteiger partial charge in [0.15, 0.2) is 0 Å². The molecule has 2 bridgehead atoms. The Morgan fingerprint density at radius 2 is 2.50 bits per heavy atom. The summed E-state index contributed by atoms with van der Waals surface area (Å²) in [6.07, 6.45) is 3.10. The number of carbonyl (C=O) groups is 1. The number of nitrogens with two attached hydrogens (primary N) is 1. The molecule has 1 saturated heterocycles. The van der Waals surface area contributed by atoms with Crippen LogP contribution in [0.1, 0.15) is 19.3 Å². The zero-order valence-corrected chi connectivity index (χ0v) is 5.89. The molecule has 1 amide bonds. The summed E-state index contributed by atoms with van der Waals surface area (Å²) in [5.41, 5.74) is 5.13. The van der Waals surface area contributed by atoms with Crippen LogP contribution in [0.2, 0.25) is 0 Å². The van der Waals surface area contributed by atoms with Crippen LogP contribution in [0.15, 0.2) is 0 Å². The van der Waals surface area contributed by atoms with Gasteiger partial charge in [-0.05, 0) is 19.3 Å². The Bertz CT molecular complexity index is 170. The molecule has 0 aromatic heterocycles. The molecule has 2 aliphatic rings. The maximum Gasteiger partial charge on any atom is 0.224 e. The van der Waals surface area contributed by atoms with E-state index in [0.717, 1.165) is 25.8 Å². The lowest BCUT2D eigenvalue weighted by Crippen LogP contribution is -2.39. The van der Waals surface area contributed by atoms with Crippen LogP contribution < -0.4 is 11.1 Å². The zero-order chi connectivity index (χ0) is 7.19. The Hall–Kier alpha value is -0.570. The second-order valence-corrected chi connectivity index (χ2v) is 3.47. The summed E-state index contributed by atoms with van der Waals surface area (Å²) in [6, 6.07) is 0.576. The summed E-state index contributed by atoms with van der Waals surface area (Å²) in [5.74, 6) is -0.111. The fourth-order valence-corrected chi connectivity index (χ4v) is 2.11. The summed E-state index contributed by atoms with van der Waals surface area (Å²) in [6.45, 7) is 0.812. The Balaban J connectivity index is 2.23. The second kappa shape index (κ2) is 1.72. The van der Waals surface area contributed by atoms with E-state index in [1.807, 2.05) is 0 Å². The molecule has 1 saturated carbocycles. The molecule has 0 radical (unpaired) electrons. The monoisotopic (exact) mass is 140 g/mol. The quantitative estimate of drug-likeness (QED) is 0.521. The number of fused-ring (bicyclic) bond motifs is 2. The molecule has 56 valence electrons. The Morgan fingerprint density at radius 3 is 2.70 bits per heavy atom. The molecule has 0 aromatic carbocycles. The van der Waals surface area contributed by atoms with Gasteiger partial charge in [0.25, 0.3) is 0 Å². The summed E-state index contributed by atoms with van der Waals surface area (Å²) in [5, 5.41) is 3.28. The first kappa shape index (κ1) is 6.16. The minimum atomic E-state index is -0.162. The highest BCUT2D eigenvalue weighted by Gasteiger charge is 2.48. The van der Waals surface area contributed by atoms with E-state index >= 15 is 0 Å². The number of amides is 1. The number of rotatable bonds is 1. The average Bonchev–Trinajstić information content (AvgIpc) is 2.45. The van der Waals surface area contributed by atoms with Crippen LogP contribution in [0, 0.1) is 5.41 Å². The Kier molecular flexibility index (Phi) is 1.06. The highest BCUT2D eigenvalue weighted by Crippen LogP contribution is 2.42. The molecule has 10 heavy (non-hydrogen) atoms. The molecule has 3 nitrogen and oxygen atoms in total. The van der Waals surface area contributed by atoms with Crippen molar-refractivity contribution in [2.75, 3.05) is 6.54 Å². The third-order valence-corrected chi connectivity index (χ3v) is 2.86. The van der Waals surface area contributed by atoms with Crippen molar-refractivity contribution in [1.82, 2.24) is 5.32 Å². The minimum Gasteiger partial charge on any atom is -0.369 e. The van der Waals surface area contributed by atoms with Crippen molar-refractivity contribution in [3.05, 3.63) is 0 Å². The van der Waals surface area contributed by atoms with Crippen LogP contribution in [0.3, 0.4) is 0 Å². The number of hydrogen-bond donors (Lipinski definition) is 2. The first-order chi connectivity index (χ1) is 4.73. The van der Waals surface area contributed by atoms with Gasteiger partial charge in [-0.2, -0.15) is 0 Å². The average molecular weight is 140 g/mol. The number of hydrogen-bond acceptors (Lipinski definition) is 2. The number of primary amides is 1. The number of carbonyl (C=O) groups excluding carboxylic acids is 1. The predicted molar refractivity (Wildman–Crippen MR) is 37.3 cm³/mol. The first-order valence-electron chi connectivity index (χ1n) is 3.76. The SMILES string of the molecule is NC(=O)C12CCC(C1)NC2. The van der Waals surface area contributed by atoms with Gasteiger partial charge in [0.2, 0.25) is 5.91 Å². The molecule has 3 heteroatoms. The topological polar surface area (TPSA) is 55.1 Å². The van der Waals surface area contributed by atoms with E-state index in [-0.39, 0.29) is 11.3 Å². The fourth-order valence-electron chi connectivity index (χ4n) is 2.11. The molecule has 1 aliphatic carbocycles. The van der Waals surface area contributed by atoms with Gasteiger partial charge in [0.05, 0.1) is 5.41 Å². The van der Waals surface area contributed by atoms with Crippen LogP contribution >= 0.6 is 0 Å². The third kappa shape index (κ3) is 0.611. The largest absolute Gasteiger partial charge is 0.369 e. The van der Waals surface area contributed by atoms with Crippen LogP contribution in [0.25, 0.3) is 0 Å². The molecule has 3 N–H and O–H groups in total. The zero-order valence-electron chi connectivity index (χ0n) is 5.89. The van der Waals surface area contributed by atoms with E-state index in [0.29, 0.717) is 6.04 Å². The first-order valence-corrected chi connectivity index (χ1v) is 3.76. The van der Waals surface area contributed by atoms with Gasteiger partial charge < -0.3 is 11.1 Å². The van der Waals surface area contributed by atoms with Gasteiger partial charge in [0.1, 0.15) is 0 Å². The fraction of sp³-hybridized carbons (Fsp3) is 0.857. The molecule has 0 spiro atoms. The van der Waals surface area contributed by atoms with Crippen molar-refractivity contribution < 1.29 is 4.79 Å². The van der Waals surface area contributed by atoms with E-state index in [1.54, 1.807) is 0 Å². The molecule has 2 unspecified atom stereocenters. The van der Waals surface area contributed by atoms with Crippen molar-refractivity contribution in [2.45, 2.75) is 25.3 Å². The third-order valence-electron chi connectivity index (χ3n) is 2.86. The molecular weight excluding hydrogens is 128 g/mol. The molecular formula is C7H12N2O. The standard InChI is InChI=1S/C7H12N2O/c8-6(10)7-2-1-5(3-7)9-4-7/h5,9H,1-4H2,(H2,8,10). The Morgan fingerprint density at radius 1 is 1.70 bits per heavy atom. The smallest absolute Gasteiger partial charge is 0.224 e. The van der Waals surface area contributed by atoms with Gasteiger partial charge in [-0.25, -0.2) is 0 Å². The van der Waals surface area contributed by atoms with Gasteiger partial charge in [-0.15, -0.1) is 0 Å². The van der Waals surface area contributed by atoms with Crippen LogP contribution in [-0.4, -0.2) is 18.5 Å². The van der Waals surface area contributed by atoms with E-state index in [2.05, 4.69) is 5.32 Å². The normalized spacial score (nSPS) is 44.2. The predicted octanol–water partition coefficient (Wildman–Crippen LogP) is -0.386. The van der Waals surface area contributed by atoms with Crippen LogP contribution in [0.5, 0.6) is 0 Å². The van der Waals surface area contributed by atoms with Gasteiger partial charge >= 0.3 is 0 Å². The minimum absolute atomic E-state index is 0.111. The number of nitrogens with one attached hydrogen (secondary N) is 1. The summed E-state index contributed by atoms with van der Waals surface area (Å²) in [4.78, 5) is 11.0. The lowest BCUT2D eigenvalue weighted by atomic mass is 9.87. The number of piperidine rings is 1. The summed E-state index contributed by atoms with van der Waals surface area (Å²) < 4.78 is 0. The maximum absolute atomic E-state index is 11.0. The molecule has 1 heterocycles. The second-order valence-electron chi connectivity index (χ2n) is 3.47. The van der Waals surface area contributed by atoms with E-state index in [9.17, 15) is 4.79 Å². The highest BCUT2D eigenvalue weighted by molar-refractivity contribution is 5.82. The van der Waals surface area contributed by atoms with Crippen molar-refractivity contribution >= 4 is 5.91 Å². The Labute approximate surface area is 60.0 Å². The molecule has 2 atom stereocenters. The molecule has 0 aromatic rings.